The van der Waals surface area contributed by atoms with Crippen molar-refractivity contribution in [3.05, 3.63) is 83.1 Å². The van der Waals surface area contributed by atoms with E-state index in [-0.39, 0.29) is 36.1 Å². The summed E-state index contributed by atoms with van der Waals surface area (Å²) in [5, 5.41) is 0. The second-order valence-electron chi connectivity index (χ2n) is 8.81. The van der Waals surface area contributed by atoms with Gasteiger partial charge in [-0.15, -0.1) is 0 Å². The van der Waals surface area contributed by atoms with Crippen molar-refractivity contribution >= 4 is 5.78 Å². The summed E-state index contributed by atoms with van der Waals surface area (Å²) in [6.07, 6.45) is 4.81. The minimum absolute atomic E-state index is 0.0243. The lowest BCUT2D eigenvalue weighted by atomic mass is 9.73. The van der Waals surface area contributed by atoms with Crippen LogP contribution in [-0.2, 0) is 11.2 Å². The summed E-state index contributed by atoms with van der Waals surface area (Å²) in [6, 6.07) is 7.18. The first-order valence-electron chi connectivity index (χ1n) is 11.2. The van der Waals surface area contributed by atoms with Gasteiger partial charge in [0.2, 0.25) is 0 Å². The molecule has 2 heterocycles. The van der Waals surface area contributed by atoms with Crippen molar-refractivity contribution in [2.24, 2.45) is 11.7 Å². The number of Topliss-reactive ketones (excluding diaryl/α,β-unsaturated/α-hetero) is 1. The van der Waals surface area contributed by atoms with Crippen LogP contribution < -0.4 is 5.73 Å². The first kappa shape index (κ1) is 24.0. The number of nitrogens with two attached hydrogens (primary N) is 1. The molecule has 8 heteroatoms. The van der Waals surface area contributed by atoms with Crippen molar-refractivity contribution in [2.45, 2.75) is 44.2 Å². The molecule has 5 nitrogen and oxygen atoms in total. The van der Waals surface area contributed by atoms with Gasteiger partial charge in [0.1, 0.15) is 28.8 Å². The fourth-order valence-corrected chi connectivity index (χ4v) is 4.97. The van der Waals surface area contributed by atoms with Gasteiger partial charge in [0.25, 0.3) is 0 Å². The normalized spacial score (nSPS) is 22.5. The van der Waals surface area contributed by atoms with E-state index in [4.69, 9.17) is 10.5 Å². The second-order valence-corrected chi connectivity index (χ2v) is 8.81. The van der Waals surface area contributed by atoms with E-state index in [0.29, 0.717) is 6.42 Å². The van der Waals surface area contributed by atoms with Gasteiger partial charge < -0.3 is 10.5 Å². The van der Waals surface area contributed by atoms with Crippen molar-refractivity contribution in [1.29, 1.82) is 0 Å². The van der Waals surface area contributed by atoms with Gasteiger partial charge in [-0.3, -0.25) is 9.78 Å². The predicted molar refractivity (Wildman–Crippen MR) is 122 cm³/mol. The van der Waals surface area contributed by atoms with Crippen LogP contribution >= 0.6 is 0 Å². The molecule has 34 heavy (non-hydrogen) atoms. The van der Waals surface area contributed by atoms with E-state index in [1.807, 2.05) is 6.07 Å². The van der Waals surface area contributed by atoms with Gasteiger partial charge in [-0.25, -0.2) is 18.2 Å². The first-order chi connectivity index (χ1) is 16.3. The van der Waals surface area contributed by atoms with Crippen LogP contribution in [0.1, 0.15) is 47.3 Å². The van der Waals surface area contributed by atoms with Crippen LogP contribution in [0.15, 0.2) is 48.8 Å². The largest absolute Gasteiger partial charge is 0.380 e. The molecule has 0 spiro atoms. The zero-order valence-electron chi connectivity index (χ0n) is 19.0. The van der Waals surface area contributed by atoms with Crippen LogP contribution in [0.5, 0.6) is 0 Å². The summed E-state index contributed by atoms with van der Waals surface area (Å²) in [7, 11) is 1.66. The number of carbonyl (C=O) groups is 1. The van der Waals surface area contributed by atoms with E-state index < -0.39 is 34.5 Å². The van der Waals surface area contributed by atoms with Crippen molar-refractivity contribution in [1.82, 2.24) is 9.97 Å². The third kappa shape index (κ3) is 4.74. The maximum atomic E-state index is 14.4. The van der Waals surface area contributed by atoms with Crippen molar-refractivity contribution in [3.8, 4) is 11.3 Å². The number of aromatic nitrogens is 2. The number of rotatable bonds is 6. The Morgan fingerprint density at radius 1 is 1.09 bits per heavy atom. The molecule has 0 aliphatic heterocycles. The molecule has 2 aromatic heterocycles. The van der Waals surface area contributed by atoms with Crippen LogP contribution in [-0.4, -0.2) is 35.0 Å². The number of hydrogen-bond acceptors (Lipinski definition) is 5. The molecular weight excluding hydrogens is 443 g/mol. The number of nitrogens with zero attached hydrogens (tertiary/aromatic N) is 2. The van der Waals surface area contributed by atoms with Gasteiger partial charge in [-0.05, 0) is 66.1 Å². The third-order valence-corrected chi connectivity index (χ3v) is 6.53. The first-order valence-corrected chi connectivity index (χ1v) is 11.2. The highest BCUT2D eigenvalue weighted by Crippen LogP contribution is 2.38. The topological polar surface area (TPSA) is 78.1 Å². The van der Waals surface area contributed by atoms with E-state index in [1.165, 1.54) is 12.1 Å². The zero-order chi connectivity index (χ0) is 24.4. The molecule has 1 aliphatic rings. The van der Waals surface area contributed by atoms with Gasteiger partial charge in [-0.2, -0.15) is 0 Å². The summed E-state index contributed by atoms with van der Waals surface area (Å²) >= 11 is 0. The molecule has 1 aromatic carbocycles. The standard InChI is InChI=1S/C26H26F3N3O2/c1-14-10-15(11-21(30)26(14)34-2)17-8-9-31-13-16(17)12-23(33)22-7-6-20(29)25(32-22)24-18(27)4-3-5-19(24)28/h3-9,13-15,21,26H,10-12,30H2,1-2H3/t14-,15+,21+,26-/m0/s1. The Hall–Kier alpha value is -3.10. The number of benzene rings is 1. The molecule has 0 amide bonds. The number of halogens is 3. The molecule has 0 bridgehead atoms. The molecule has 0 radical (unpaired) electrons. The number of pyridine rings is 2. The zero-order valence-corrected chi connectivity index (χ0v) is 19.0. The molecule has 1 aliphatic carbocycles. The molecular formula is C26H26F3N3O2. The molecule has 4 rings (SSSR count). The van der Waals surface area contributed by atoms with Crippen LogP contribution in [0.25, 0.3) is 11.3 Å². The lowest BCUT2D eigenvalue weighted by Gasteiger charge is -2.38. The number of ether oxygens (including phenoxy) is 1. The summed E-state index contributed by atoms with van der Waals surface area (Å²) in [6.45, 7) is 2.10. The van der Waals surface area contributed by atoms with Gasteiger partial charge in [0, 0.05) is 32.0 Å². The second kappa shape index (κ2) is 10.0. The fourth-order valence-electron chi connectivity index (χ4n) is 4.97. The van der Waals surface area contributed by atoms with E-state index in [9.17, 15) is 18.0 Å². The molecule has 4 atom stereocenters. The van der Waals surface area contributed by atoms with Crippen molar-refractivity contribution in [3.63, 3.8) is 0 Å². The minimum atomic E-state index is -0.956. The van der Waals surface area contributed by atoms with E-state index in [1.54, 1.807) is 19.5 Å². The number of ketones is 1. The SMILES string of the molecule is CO[C@@H]1[C@H](N)C[C@H](c2ccncc2CC(=O)c2ccc(F)c(-c3c(F)cccc3F)n2)C[C@@H]1C. The lowest BCUT2D eigenvalue weighted by Crippen LogP contribution is -2.45. The van der Waals surface area contributed by atoms with E-state index in [0.717, 1.165) is 35.7 Å². The summed E-state index contributed by atoms with van der Waals surface area (Å²) in [5.41, 5.74) is 6.82. The highest BCUT2D eigenvalue weighted by Gasteiger charge is 2.35. The maximum absolute atomic E-state index is 14.4. The summed E-state index contributed by atoms with van der Waals surface area (Å²) in [4.78, 5) is 21.3. The Kier molecular flexibility index (Phi) is 7.09. The van der Waals surface area contributed by atoms with Gasteiger partial charge in [0.15, 0.2) is 5.78 Å². The fraction of sp³-hybridized carbons (Fsp3) is 0.346. The summed E-state index contributed by atoms with van der Waals surface area (Å²) in [5.74, 6) is -2.86. The van der Waals surface area contributed by atoms with Crippen LogP contribution in [0.4, 0.5) is 13.2 Å². The molecule has 1 fully saturated rings. The third-order valence-electron chi connectivity index (χ3n) is 6.53. The van der Waals surface area contributed by atoms with Crippen LogP contribution in [0.2, 0.25) is 0 Å². The van der Waals surface area contributed by atoms with E-state index >= 15 is 0 Å². The highest BCUT2D eigenvalue weighted by molar-refractivity contribution is 5.96. The maximum Gasteiger partial charge on any atom is 0.185 e. The molecule has 3 aromatic rings. The Labute approximate surface area is 196 Å². The highest BCUT2D eigenvalue weighted by atomic mass is 19.1. The molecule has 0 unspecified atom stereocenters. The van der Waals surface area contributed by atoms with Gasteiger partial charge in [0.05, 0.1) is 11.7 Å². The monoisotopic (exact) mass is 469 g/mol. The van der Waals surface area contributed by atoms with E-state index in [2.05, 4.69) is 16.9 Å². The van der Waals surface area contributed by atoms with Crippen molar-refractivity contribution in [2.75, 3.05) is 7.11 Å². The Morgan fingerprint density at radius 2 is 1.82 bits per heavy atom. The predicted octanol–water partition coefficient (Wildman–Crippen LogP) is 4.84. The lowest BCUT2D eigenvalue weighted by molar-refractivity contribution is 0.00970. The van der Waals surface area contributed by atoms with Gasteiger partial charge in [-0.1, -0.05) is 13.0 Å². The molecule has 0 saturated heterocycles. The molecule has 2 N–H and O–H groups in total. The average molecular weight is 470 g/mol. The minimum Gasteiger partial charge on any atom is -0.380 e. The quantitative estimate of drug-likeness (QED) is 0.523. The summed E-state index contributed by atoms with van der Waals surface area (Å²) < 4.78 is 48.4. The van der Waals surface area contributed by atoms with Crippen LogP contribution in [0.3, 0.4) is 0 Å². The molecule has 1 saturated carbocycles. The smallest absolute Gasteiger partial charge is 0.185 e. The Bertz CT molecular complexity index is 1170. The number of methoxy groups -OCH3 is 1. The van der Waals surface area contributed by atoms with Crippen molar-refractivity contribution < 1.29 is 22.7 Å². The van der Waals surface area contributed by atoms with Gasteiger partial charge >= 0.3 is 0 Å². The average Bonchev–Trinajstić information content (AvgIpc) is 2.80. The number of hydrogen-bond donors (Lipinski definition) is 1. The Balaban J connectivity index is 1.62. The Morgan fingerprint density at radius 3 is 2.50 bits per heavy atom. The number of carbonyl (C=O) groups excluding carboxylic acids is 1. The van der Waals surface area contributed by atoms with Crippen LogP contribution in [0, 0.1) is 23.4 Å². The molecule has 178 valence electrons.